The van der Waals surface area contributed by atoms with Crippen molar-refractivity contribution in [1.82, 2.24) is 24.5 Å². The molecule has 1 saturated heterocycles. The second-order valence-electron chi connectivity index (χ2n) is 7.93. The Hall–Kier alpha value is -3.63. The van der Waals surface area contributed by atoms with Crippen LogP contribution in [0.5, 0.6) is 6.01 Å². The maximum atomic E-state index is 12.5. The van der Waals surface area contributed by atoms with E-state index in [9.17, 15) is 9.59 Å². The molecule has 1 fully saturated rings. The van der Waals surface area contributed by atoms with Gasteiger partial charge in [-0.25, -0.2) is 9.78 Å². The monoisotopic (exact) mass is 441 g/mol. The van der Waals surface area contributed by atoms with Crippen molar-refractivity contribution < 1.29 is 14.6 Å². The Kier molecular flexibility index (Phi) is 6.24. The Morgan fingerprint density at radius 1 is 1.31 bits per heavy atom. The highest BCUT2D eigenvalue weighted by Gasteiger charge is 2.25. The molecule has 3 aromatic heterocycles. The van der Waals surface area contributed by atoms with Gasteiger partial charge in [0.25, 0.3) is 0 Å². The molecular formula is C21H27N7O4. The number of aromatic amines is 1. The summed E-state index contributed by atoms with van der Waals surface area (Å²) in [6, 6.07) is 3.94. The summed E-state index contributed by atoms with van der Waals surface area (Å²) in [4.78, 5) is 41.5. The van der Waals surface area contributed by atoms with Gasteiger partial charge in [-0.1, -0.05) is 19.4 Å². The lowest BCUT2D eigenvalue weighted by Gasteiger charge is -2.31. The third-order valence-corrected chi connectivity index (χ3v) is 5.68. The van der Waals surface area contributed by atoms with Gasteiger partial charge in [0, 0.05) is 19.3 Å². The highest BCUT2D eigenvalue weighted by atomic mass is 16.5. The molecule has 0 bridgehead atoms. The average Bonchev–Trinajstić information content (AvgIpc) is 3.10. The Balaban J connectivity index is 1.51. The SMILES string of the molecule is CCCCOc1nc(N)c2[nH]c(=O)n(Cc3ccc(N4CCC(C(=O)O)CC4)nc3)c2n1. The number of rotatable bonds is 8. The van der Waals surface area contributed by atoms with Gasteiger partial charge in [0.2, 0.25) is 0 Å². The topological polar surface area (TPSA) is 152 Å². The molecule has 0 aromatic carbocycles. The predicted molar refractivity (Wildman–Crippen MR) is 119 cm³/mol. The van der Waals surface area contributed by atoms with Gasteiger partial charge >= 0.3 is 17.7 Å². The number of H-pyrrole nitrogens is 1. The molecule has 11 nitrogen and oxygen atoms in total. The van der Waals surface area contributed by atoms with E-state index in [1.165, 1.54) is 4.57 Å². The lowest BCUT2D eigenvalue weighted by molar-refractivity contribution is -0.142. The summed E-state index contributed by atoms with van der Waals surface area (Å²) in [5.74, 6) is -0.0670. The Morgan fingerprint density at radius 3 is 2.75 bits per heavy atom. The van der Waals surface area contributed by atoms with Crippen LogP contribution in [-0.2, 0) is 11.3 Å². The first-order valence-electron chi connectivity index (χ1n) is 10.8. The minimum Gasteiger partial charge on any atom is -0.481 e. The minimum atomic E-state index is -0.736. The summed E-state index contributed by atoms with van der Waals surface area (Å²) in [5, 5.41) is 9.15. The number of carbonyl (C=O) groups is 1. The van der Waals surface area contributed by atoms with Gasteiger partial charge in [0.1, 0.15) is 11.3 Å². The van der Waals surface area contributed by atoms with E-state index in [4.69, 9.17) is 15.6 Å². The number of nitrogens with two attached hydrogens (primary N) is 1. The highest BCUT2D eigenvalue weighted by Crippen LogP contribution is 2.23. The molecule has 4 rings (SSSR count). The number of carboxylic acids is 1. The smallest absolute Gasteiger partial charge is 0.328 e. The highest BCUT2D eigenvalue weighted by molar-refractivity contribution is 5.82. The van der Waals surface area contributed by atoms with Gasteiger partial charge in [-0.15, -0.1) is 0 Å². The van der Waals surface area contributed by atoms with Crippen LogP contribution in [0.4, 0.5) is 11.6 Å². The number of aliphatic carboxylic acids is 1. The van der Waals surface area contributed by atoms with E-state index in [1.807, 2.05) is 12.1 Å². The number of nitrogen functional groups attached to an aromatic ring is 1. The van der Waals surface area contributed by atoms with Crippen molar-refractivity contribution in [3.8, 4) is 6.01 Å². The number of anilines is 2. The third-order valence-electron chi connectivity index (χ3n) is 5.68. The van der Waals surface area contributed by atoms with Gasteiger partial charge in [0.05, 0.1) is 19.1 Å². The van der Waals surface area contributed by atoms with Crippen molar-refractivity contribution in [3.05, 3.63) is 34.4 Å². The van der Waals surface area contributed by atoms with Crippen LogP contribution in [0.25, 0.3) is 11.2 Å². The predicted octanol–water partition coefficient (Wildman–Crippen LogP) is 1.62. The zero-order valence-electron chi connectivity index (χ0n) is 18.0. The lowest BCUT2D eigenvalue weighted by Crippen LogP contribution is -2.36. The van der Waals surface area contributed by atoms with E-state index in [2.05, 4.69) is 31.8 Å². The Morgan fingerprint density at radius 2 is 2.09 bits per heavy atom. The number of nitrogens with zero attached hydrogens (tertiary/aromatic N) is 5. The average molecular weight is 441 g/mol. The van der Waals surface area contributed by atoms with Crippen molar-refractivity contribution in [1.29, 1.82) is 0 Å². The van der Waals surface area contributed by atoms with Crippen molar-refractivity contribution in [2.24, 2.45) is 5.92 Å². The van der Waals surface area contributed by atoms with E-state index in [-0.39, 0.29) is 30.0 Å². The lowest BCUT2D eigenvalue weighted by atomic mass is 9.97. The van der Waals surface area contributed by atoms with Crippen molar-refractivity contribution in [2.45, 2.75) is 39.2 Å². The molecule has 0 aliphatic carbocycles. The second kappa shape index (κ2) is 9.25. The summed E-state index contributed by atoms with van der Waals surface area (Å²) in [5.41, 5.74) is 7.24. The number of unbranched alkanes of at least 4 members (excludes halogenated alkanes) is 1. The van der Waals surface area contributed by atoms with Crippen LogP contribution in [0.1, 0.15) is 38.2 Å². The van der Waals surface area contributed by atoms with Crippen LogP contribution in [-0.4, -0.2) is 55.3 Å². The van der Waals surface area contributed by atoms with Gasteiger partial charge in [-0.2, -0.15) is 9.97 Å². The van der Waals surface area contributed by atoms with Crippen LogP contribution >= 0.6 is 0 Å². The van der Waals surface area contributed by atoms with Crippen LogP contribution in [0.15, 0.2) is 23.1 Å². The van der Waals surface area contributed by atoms with E-state index in [0.717, 1.165) is 24.2 Å². The summed E-state index contributed by atoms with van der Waals surface area (Å²) in [6.45, 7) is 4.11. The number of ether oxygens (including phenoxy) is 1. The molecule has 0 unspecified atom stereocenters. The molecule has 4 heterocycles. The van der Waals surface area contributed by atoms with E-state index >= 15 is 0 Å². The fourth-order valence-corrected chi connectivity index (χ4v) is 3.79. The van der Waals surface area contributed by atoms with Crippen molar-refractivity contribution in [2.75, 3.05) is 30.3 Å². The maximum absolute atomic E-state index is 12.5. The second-order valence-corrected chi connectivity index (χ2v) is 7.93. The fraction of sp³-hybridized carbons (Fsp3) is 0.476. The molecule has 0 radical (unpaired) electrons. The normalized spacial score (nSPS) is 14.7. The zero-order valence-corrected chi connectivity index (χ0v) is 18.0. The summed E-state index contributed by atoms with van der Waals surface area (Å²) >= 11 is 0. The van der Waals surface area contributed by atoms with Crippen LogP contribution in [0.2, 0.25) is 0 Å². The molecular weight excluding hydrogens is 414 g/mol. The van der Waals surface area contributed by atoms with E-state index in [1.54, 1.807) is 6.20 Å². The number of piperidine rings is 1. The fourth-order valence-electron chi connectivity index (χ4n) is 3.79. The molecule has 3 aromatic rings. The molecule has 0 amide bonds. The molecule has 1 aliphatic rings. The maximum Gasteiger partial charge on any atom is 0.328 e. The summed E-state index contributed by atoms with van der Waals surface area (Å²) in [6.07, 6.45) is 4.77. The Labute approximate surface area is 184 Å². The zero-order chi connectivity index (χ0) is 22.7. The molecule has 0 atom stereocenters. The van der Waals surface area contributed by atoms with E-state index in [0.29, 0.717) is 43.7 Å². The first-order valence-corrected chi connectivity index (χ1v) is 10.8. The standard InChI is InChI=1S/C21H27N7O4/c1-2-3-10-32-20-25-17(22)16-18(26-20)28(21(31)24-16)12-13-4-5-15(23-11-13)27-8-6-14(7-9-27)19(29)30/h4-5,11,14H,2-3,6-10,12H2,1H3,(H,24,31)(H,29,30)(H2,22,25,26). The summed E-state index contributed by atoms with van der Waals surface area (Å²) < 4.78 is 7.05. The third kappa shape index (κ3) is 4.51. The van der Waals surface area contributed by atoms with Crippen LogP contribution < -0.4 is 21.1 Å². The quantitative estimate of drug-likeness (QED) is 0.443. The number of aromatic nitrogens is 5. The van der Waals surface area contributed by atoms with Crippen molar-refractivity contribution >= 4 is 28.8 Å². The van der Waals surface area contributed by atoms with Crippen molar-refractivity contribution in [3.63, 3.8) is 0 Å². The van der Waals surface area contributed by atoms with Gasteiger partial charge in [-0.05, 0) is 30.9 Å². The first-order chi connectivity index (χ1) is 15.5. The summed E-state index contributed by atoms with van der Waals surface area (Å²) in [7, 11) is 0. The van der Waals surface area contributed by atoms with Gasteiger partial charge < -0.3 is 25.5 Å². The number of hydrogen-bond donors (Lipinski definition) is 3. The molecule has 4 N–H and O–H groups in total. The largest absolute Gasteiger partial charge is 0.481 e. The number of hydrogen-bond acceptors (Lipinski definition) is 8. The number of pyridine rings is 1. The number of carboxylic acid groups (broad SMARTS) is 1. The van der Waals surface area contributed by atoms with E-state index < -0.39 is 5.97 Å². The number of fused-ring (bicyclic) bond motifs is 1. The first kappa shape index (κ1) is 21.6. The molecule has 1 aliphatic heterocycles. The van der Waals surface area contributed by atoms with Gasteiger partial charge in [-0.3, -0.25) is 9.36 Å². The van der Waals surface area contributed by atoms with Crippen LogP contribution in [0, 0.1) is 5.92 Å². The van der Waals surface area contributed by atoms with Gasteiger partial charge in [0.15, 0.2) is 11.5 Å². The molecule has 32 heavy (non-hydrogen) atoms. The molecule has 170 valence electrons. The van der Waals surface area contributed by atoms with Crippen LogP contribution in [0.3, 0.4) is 0 Å². The molecule has 11 heteroatoms. The number of nitrogens with one attached hydrogen (secondary N) is 1. The molecule has 0 spiro atoms. The minimum absolute atomic E-state index is 0.148. The molecule has 0 saturated carbocycles. The Bertz CT molecular complexity index is 1150. The number of imidazole rings is 1.